The van der Waals surface area contributed by atoms with E-state index in [0.29, 0.717) is 22.4 Å². The van der Waals surface area contributed by atoms with E-state index in [9.17, 15) is 19.3 Å². The Bertz CT molecular complexity index is 1060. The van der Waals surface area contributed by atoms with Gasteiger partial charge in [0.1, 0.15) is 12.4 Å². The number of halogens is 1. The van der Waals surface area contributed by atoms with Gasteiger partial charge in [-0.15, -0.1) is 10.2 Å². The number of hydrogen-bond acceptors (Lipinski definition) is 7. The maximum Gasteiger partial charge on any atom is 0.269 e. The van der Waals surface area contributed by atoms with E-state index in [1.807, 2.05) is 0 Å². The molecule has 2 aromatic carbocycles. The number of benzene rings is 2. The quantitative estimate of drug-likeness (QED) is 0.305. The Morgan fingerprint density at radius 3 is 2.52 bits per heavy atom. The average Bonchev–Trinajstić information content (AvgIpc) is 3.17. The van der Waals surface area contributed by atoms with E-state index in [4.69, 9.17) is 4.74 Å². The summed E-state index contributed by atoms with van der Waals surface area (Å²) in [6.45, 7) is 1.66. The normalized spacial score (nSPS) is 11.8. The predicted molar refractivity (Wildman–Crippen MR) is 112 cm³/mol. The largest absolute Gasteiger partial charge is 0.375 e. The third kappa shape index (κ3) is 5.64. The van der Waals surface area contributed by atoms with Crippen LogP contribution in [0.4, 0.5) is 10.1 Å². The van der Waals surface area contributed by atoms with Gasteiger partial charge in [-0.25, -0.2) is 4.39 Å². The molecule has 0 fully saturated rings. The van der Waals surface area contributed by atoms with Gasteiger partial charge in [0.25, 0.3) is 5.69 Å². The molecule has 1 amide bonds. The molecular weight excluding hydrogens is 425 g/mol. The lowest BCUT2D eigenvalue weighted by Crippen LogP contribution is -2.31. The second-order valence-corrected chi connectivity index (χ2v) is 7.53. The van der Waals surface area contributed by atoms with Crippen molar-refractivity contribution in [2.45, 2.75) is 23.9 Å². The number of methoxy groups -OCH3 is 1. The number of nitrogens with zero attached hydrogens (tertiary/aromatic N) is 4. The Morgan fingerprint density at radius 1 is 1.23 bits per heavy atom. The molecular formula is C20H20FN5O4S. The maximum absolute atomic E-state index is 13.2. The second kappa shape index (κ2) is 10.1. The van der Waals surface area contributed by atoms with Crippen molar-refractivity contribution in [1.82, 2.24) is 20.1 Å². The van der Waals surface area contributed by atoms with Crippen LogP contribution in [0.2, 0.25) is 0 Å². The smallest absolute Gasteiger partial charge is 0.269 e. The molecule has 0 aliphatic carbocycles. The fraction of sp³-hybridized carbons (Fsp3) is 0.250. The summed E-state index contributed by atoms with van der Waals surface area (Å²) in [6.07, 6.45) is 0. The molecule has 31 heavy (non-hydrogen) atoms. The molecule has 1 atom stereocenters. The lowest BCUT2D eigenvalue weighted by Gasteiger charge is -2.16. The molecule has 3 rings (SSSR count). The Morgan fingerprint density at radius 2 is 1.90 bits per heavy atom. The van der Waals surface area contributed by atoms with Crippen LogP contribution in [-0.2, 0) is 15.3 Å². The number of carbonyl (C=O) groups excluding carboxylic acids is 1. The molecule has 0 aliphatic rings. The van der Waals surface area contributed by atoms with E-state index >= 15 is 0 Å². The molecule has 1 unspecified atom stereocenters. The first-order chi connectivity index (χ1) is 14.9. The molecule has 1 heterocycles. The lowest BCUT2D eigenvalue weighted by molar-refractivity contribution is -0.384. The molecule has 0 bridgehead atoms. The molecule has 11 heteroatoms. The Labute approximate surface area is 181 Å². The molecule has 0 saturated heterocycles. The summed E-state index contributed by atoms with van der Waals surface area (Å²) in [5, 5.41) is 22.8. The zero-order valence-electron chi connectivity index (χ0n) is 16.8. The SMILES string of the molecule is COCC(=O)NC(C)c1nnc(SCc2ccc(F)cc2)n1-c1ccc([N+](=O)[O-])cc1. The van der Waals surface area contributed by atoms with Crippen molar-refractivity contribution in [2.75, 3.05) is 13.7 Å². The first-order valence-corrected chi connectivity index (χ1v) is 10.2. The molecule has 3 aromatic rings. The van der Waals surface area contributed by atoms with Crippen LogP contribution in [0, 0.1) is 15.9 Å². The topological polar surface area (TPSA) is 112 Å². The molecule has 9 nitrogen and oxygen atoms in total. The van der Waals surface area contributed by atoms with E-state index in [2.05, 4.69) is 15.5 Å². The number of carbonyl (C=O) groups is 1. The average molecular weight is 445 g/mol. The van der Waals surface area contributed by atoms with E-state index in [1.165, 1.54) is 43.1 Å². The monoisotopic (exact) mass is 445 g/mol. The minimum atomic E-state index is -0.495. The summed E-state index contributed by atoms with van der Waals surface area (Å²) >= 11 is 1.37. The Balaban J connectivity index is 1.92. The molecule has 0 spiro atoms. The standard InChI is InChI=1S/C20H20FN5O4S/c1-13(22-18(27)11-30-2)19-23-24-20(31-12-14-3-5-15(21)6-4-14)25(19)16-7-9-17(10-8-16)26(28)29/h3-10,13H,11-12H2,1-2H3,(H,22,27). The first-order valence-electron chi connectivity index (χ1n) is 9.24. The summed E-state index contributed by atoms with van der Waals surface area (Å²) in [7, 11) is 1.42. The van der Waals surface area contributed by atoms with Crippen molar-refractivity contribution in [3.05, 3.63) is 75.9 Å². The number of ether oxygens (including phenoxy) is 1. The molecule has 0 aliphatic heterocycles. The third-order valence-electron chi connectivity index (χ3n) is 4.30. The van der Waals surface area contributed by atoms with E-state index in [0.717, 1.165) is 5.56 Å². The fourth-order valence-electron chi connectivity index (χ4n) is 2.83. The van der Waals surface area contributed by atoms with Crippen molar-refractivity contribution in [3.63, 3.8) is 0 Å². The first kappa shape index (κ1) is 22.4. The summed E-state index contributed by atoms with van der Waals surface area (Å²) < 4.78 is 19.7. The van der Waals surface area contributed by atoms with Gasteiger partial charge in [-0.05, 0) is 36.8 Å². The van der Waals surface area contributed by atoms with Crippen LogP contribution in [0.15, 0.2) is 53.7 Å². The highest BCUT2D eigenvalue weighted by molar-refractivity contribution is 7.98. The van der Waals surface area contributed by atoms with Gasteiger partial charge in [-0.1, -0.05) is 23.9 Å². The summed E-state index contributed by atoms with van der Waals surface area (Å²) in [5.41, 5.74) is 1.47. The number of hydrogen-bond donors (Lipinski definition) is 1. The zero-order valence-corrected chi connectivity index (χ0v) is 17.6. The maximum atomic E-state index is 13.2. The summed E-state index contributed by atoms with van der Waals surface area (Å²) in [4.78, 5) is 22.4. The highest BCUT2D eigenvalue weighted by atomic mass is 32.2. The molecule has 0 radical (unpaired) electrons. The predicted octanol–water partition coefficient (Wildman–Crippen LogP) is 3.43. The van der Waals surface area contributed by atoms with Crippen LogP contribution < -0.4 is 5.32 Å². The van der Waals surface area contributed by atoms with Gasteiger partial charge in [0, 0.05) is 30.7 Å². The number of nitrogens with one attached hydrogen (secondary N) is 1. The third-order valence-corrected chi connectivity index (χ3v) is 5.30. The van der Waals surface area contributed by atoms with Gasteiger partial charge in [0.2, 0.25) is 5.91 Å². The van der Waals surface area contributed by atoms with Crippen LogP contribution in [0.5, 0.6) is 0 Å². The van der Waals surface area contributed by atoms with Crippen molar-refractivity contribution in [2.24, 2.45) is 0 Å². The highest BCUT2D eigenvalue weighted by Gasteiger charge is 2.21. The van der Waals surface area contributed by atoms with Gasteiger partial charge in [0.15, 0.2) is 11.0 Å². The van der Waals surface area contributed by atoms with Crippen molar-refractivity contribution in [1.29, 1.82) is 0 Å². The number of thioether (sulfide) groups is 1. The summed E-state index contributed by atoms with van der Waals surface area (Å²) in [6, 6.07) is 11.6. The van der Waals surface area contributed by atoms with Gasteiger partial charge in [-0.2, -0.15) is 0 Å². The number of non-ortho nitro benzene ring substituents is 1. The van der Waals surface area contributed by atoms with Crippen LogP contribution in [0.25, 0.3) is 5.69 Å². The van der Waals surface area contributed by atoms with Gasteiger partial charge in [0.05, 0.1) is 11.0 Å². The Hall–Kier alpha value is -3.31. The molecule has 0 saturated carbocycles. The number of nitro groups is 1. The van der Waals surface area contributed by atoms with E-state index < -0.39 is 11.0 Å². The van der Waals surface area contributed by atoms with Gasteiger partial charge >= 0.3 is 0 Å². The Kier molecular flexibility index (Phi) is 7.32. The number of rotatable bonds is 9. The lowest BCUT2D eigenvalue weighted by atomic mass is 10.2. The minimum absolute atomic E-state index is 0.0414. The molecule has 162 valence electrons. The van der Waals surface area contributed by atoms with Gasteiger partial charge < -0.3 is 10.1 Å². The van der Waals surface area contributed by atoms with Crippen LogP contribution in [0.3, 0.4) is 0 Å². The van der Waals surface area contributed by atoms with E-state index in [1.54, 1.807) is 35.8 Å². The van der Waals surface area contributed by atoms with Crippen LogP contribution in [0.1, 0.15) is 24.4 Å². The van der Waals surface area contributed by atoms with Crippen molar-refractivity contribution >= 4 is 23.4 Å². The number of aromatic nitrogens is 3. The van der Waals surface area contributed by atoms with E-state index in [-0.39, 0.29) is 24.0 Å². The molecule has 1 N–H and O–H groups in total. The highest BCUT2D eigenvalue weighted by Crippen LogP contribution is 2.28. The summed E-state index contributed by atoms with van der Waals surface area (Å²) in [5.74, 6) is 0.342. The second-order valence-electron chi connectivity index (χ2n) is 6.59. The van der Waals surface area contributed by atoms with Crippen molar-refractivity contribution in [3.8, 4) is 5.69 Å². The van der Waals surface area contributed by atoms with Crippen LogP contribution >= 0.6 is 11.8 Å². The van der Waals surface area contributed by atoms with Crippen molar-refractivity contribution < 1.29 is 18.8 Å². The zero-order chi connectivity index (χ0) is 22.4. The number of amides is 1. The minimum Gasteiger partial charge on any atom is -0.375 e. The van der Waals surface area contributed by atoms with Crippen LogP contribution in [-0.4, -0.2) is 39.3 Å². The molecule has 1 aromatic heterocycles. The fourth-order valence-corrected chi connectivity index (χ4v) is 3.74. The van der Waals surface area contributed by atoms with Gasteiger partial charge in [-0.3, -0.25) is 19.5 Å². The number of nitro benzene ring substituents is 1.